The van der Waals surface area contributed by atoms with Gasteiger partial charge < -0.3 is 8.60 Å². The SMILES string of the molecule is NS(=O)(=O)Oc1ccc2nc(C=C3C4CC5CC(C4)CC3C5)oc2c1. The zero-order valence-corrected chi connectivity index (χ0v) is 14.5. The van der Waals surface area contributed by atoms with Crippen molar-refractivity contribution in [2.45, 2.75) is 32.1 Å². The third-order valence-corrected chi connectivity index (χ3v) is 6.38. The topological polar surface area (TPSA) is 95.4 Å². The minimum absolute atomic E-state index is 0.125. The van der Waals surface area contributed by atoms with Gasteiger partial charge in [0, 0.05) is 12.1 Å². The van der Waals surface area contributed by atoms with Gasteiger partial charge in [-0.25, -0.2) is 4.98 Å². The maximum Gasteiger partial charge on any atom is 0.380 e. The van der Waals surface area contributed by atoms with Crippen molar-refractivity contribution in [1.82, 2.24) is 4.98 Å². The molecule has 0 aliphatic heterocycles. The monoisotopic (exact) mass is 360 g/mol. The molecule has 1 aromatic carbocycles. The predicted octanol–water partition coefficient (Wildman–Crippen LogP) is 3.25. The van der Waals surface area contributed by atoms with Crippen LogP contribution in [-0.2, 0) is 10.3 Å². The second-order valence-corrected chi connectivity index (χ2v) is 8.86. The average molecular weight is 360 g/mol. The largest absolute Gasteiger partial charge is 0.437 e. The standard InChI is InChI=1S/C18H20N2O4S/c19-25(21,22)24-14-1-2-16-17(8-14)23-18(20-16)9-15-12-4-10-3-11(6-12)7-13(15)5-10/h1-2,8-13H,3-7H2,(H2,19,21,22). The fourth-order valence-electron chi connectivity index (χ4n) is 5.28. The molecule has 0 spiro atoms. The van der Waals surface area contributed by atoms with E-state index in [2.05, 4.69) is 11.1 Å². The molecule has 4 aliphatic carbocycles. The number of allylic oxidation sites excluding steroid dienone is 1. The second-order valence-electron chi connectivity index (χ2n) is 7.71. The molecule has 0 atom stereocenters. The van der Waals surface area contributed by atoms with Gasteiger partial charge in [0.05, 0.1) is 0 Å². The van der Waals surface area contributed by atoms with E-state index in [9.17, 15) is 8.42 Å². The van der Waals surface area contributed by atoms with E-state index >= 15 is 0 Å². The molecule has 2 aromatic rings. The molecule has 1 aromatic heterocycles. The zero-order chi connectivity index (χ0) is 17.2. The molecule has 132 valence electrons. The number of nitrogens with two attached hydrogens (primary N) is 1. The zero-order valence-electron chi connectivity index (χ0n) is 13.7. The van der Waals surface area contributed by atoms with E-state index in [-0.39, 0.29) is 5.75 Å². The molecule has 4 aliphatic rings. The first-order valence-corrected chi connectivity index (χ1v) is 10.2. The summed E-state index contributed by atoms with van der Waals surface area (Å²) in [6, 6.07) is 4.71. The summed E-state index contributed by atoms with van der Waals surface area (Å²) in [4.78, 5) is 4.52. The Balaban J connectivity index is 1.47. The highest BCUT2D eigenvalue weighted by molar-refractivity contribution is 7.84. The first-order chi connectivity index (χ1) is 11.9. The summed E-state index contributed by atoms with van der Waals surface area (Å²) in [6.45, 7) is 0. The van der Waals surface area contributed by atoms with Crippen LogP contribution in [-0.4, -0.2) is 13.4 Å². The Morgan fingerprint density at radius 3 is 2.44 bits per heavy atom. The van der Waals surface area contributed by atoms with Crippen molar-refractivity contribution < 1.29 is 17.0 Å². The molecule has 4 bridgehead atoms. The van der Waals surface area contributed by atoms with Gasteiger partial charge in [0.1, 0.15) is 11.3 Å². The fourth-order valence-corrected chi connectivity index (χ4v) is 5.65. The minimum atomic E-state index is -4.05. The van der Waals surface area contributed by atoms with Crippen LogP contribution in [0.25, 0.3) is 17.2 Å². The minimum Gasteiger partial charge on any atom is -0.437 e. The van der Waals surface area contributed by atoms with Crippen molar-refractivity contribution in [1.29, 1.82) is 0 Å². The molecule has 25 heavy (non-hydrogen) atoms. The van der Waals surface area contributed by atoms with Crippen molar-refractivity contribution in [2.24, 2.45) is 28.8 Å². The number of fused-ring (bicyclic) bond motifs is 1. The molecule has 6 rings (SSSR count). The van der Waals surface area contributed by atoms with Gasteiger partial charge in [-0.05, 0) is 67.9 Å². The molecular weight excluding hydrogens is 340 g/mol. The molecule has 0 radical (unpaired) electrons. The second kappa shape index (κ2) is 5.32. The highest BCUT2D eigenvalue weighted by Crippen LogP contribution is 2.56. The number of rotatable bonds is 3. The lowest BCUT2D eigenvalue weighted by molar-refractivity contribution is 0.0709. The Morgan fingerprint density at radius 1 is 1.12 bits per heavy atom. The number of hydrogen-bond acceptors (Lipinski definition) is 5. The third-order valence-electron chi connectivity index (χ3n) is 5.96. The fraction of sp³-hybridized carbons (Fsp3) is 0.500. The van der Waals surface area contributed by atoms with E-state index in [0.29, 0.717) is 28.8 Å². The molecule has 0 amide bonds. The van der Waals surface area contributed by atoms with Crippen LogP contribution < -0.4 is 9.32 Å². The maximum absolute atomic E-state index is 11.0. The van der Waals surface area contributed by atoms with Crippen LogP contribution in [0.2, 0.25) is 0 Å². The van der Waals surface area contributed by atoms with Crippen LogP contribution in [0.1, 0.15) is 38.0 Å². The smallest absolute Gasteiger partial charge is 0.380 e. The van der Waals surface area contributed by atoms with Crippen LogP contribution in [0.4, 0.5) is 0 Å². The van der Waals surface area contributed by atoms with Gasteiger partial charge in [-0.1, -0.05) is 5.57 Å². The summed E-state index contributed by atoms with van der Waals surface area (Å²) in [5.41, 5.74) is 2.68. The van der Waals surface area contributed by atoms with Gasteiger partial charge in [0.15, 0.2) is 5.58 Å². The molecule has 1 heterocycles. The van der Waals surface area contributed by atoms with Gasteiger partial charge in [-0.2, -0.15) is 13.6 Å². The number of nitrogens with zero attached hydrogens (tertiary/aromatic N) is 1. The molecular formula is C18H20N2O4S. The van der Waals surface area contributed by atoms with Gasteiger partial charge >= 0.3 is 10.3 Å². The van der Waals surface area contributed by atoms with Crippen molar-refractivity contribution in [3.05, 3.63) is 29.7 Å². The Bertz CT molecular complexity index is 946. The highest BCUT2D eigenvalue weighted by Gasteiger charge is 2.45. The van der Waals surface area contributed by atoms with Crippen molar-refractivity contribution >= 4 is 27.5 Å². The van der Waals surface area contributed by atoms with Crippen molar-refractivity contribution in [3.63, 3.8) is 0 Å². The molecule has 2 N–H and O–H groups in total. The Kier molecular flexibility index (Phi) is 3.27. The van der Waals surface area contributed by atoms with E-state index < -0.39 is 10.3 Å². The summed E-state index contributed by atoms with van der Waals surface area (Å²) in [7, 11) is -4.05. The predicted molar refractivity (Wildman–Crippen MR) is 92.8 cm³/mol. The Morgan fingerprint density at radius 2 is 1.80 bits per heavy atom. The van der Waals surface area contributed by atoms with Crippen LogP contribution in [0, 0.1) is 23.7 Å². The van der Waals surface area contributed by atoms with Gasteiger partial charge in [-0.3, -0.25) is 0 Å². The lowest BCUT2D eigenvalue weighted by Gasteiger charge is -2.51. The lowest BCUT2D eigenvalue weighted by atomic mass is 9.54. The van der Waals surface area contributed by atoms with Crippen LogP contribution >= 0.6 is 0 Å². The van der Waals surface area contributed by atoms with E-state index in [1.54, 1.807) is 6.07 Å². The summed E-state index contributed by atoms with van der Waals surface area (Å²) in [6.07, 6.45) is 8.79. The number of hydrogen-bond donors (Lipinski definition) is 1. The van der Waals surface area contributed by atoms with Crippen molar-refractivity contribution in [3.8, 4) is 5.75 Å². The Labute approximate surface area is 146 Å². The summed E-state index contributed by atoms with van der Waals surface area (Å²) in [5, 5.41) is 4.90. The number of benzene rings is 1. The number of aromatic nitrogens is 1. The first-order valence-electron chi connectivity index (χ1n) is 8.77. The van der Waals surface area contributed by atoms with Gasteiger partial charge in [-0.15, -0.1) is 0 Å². The molecule has 6 nitrogen and oxygen atoms in total. The van der Waals surface area contributed by atoms with E-state index in [1.807, 2.05) is 0 Å². The quantitative estimate of drug-likeness (QED) is 0.906. The van der Waals surface area contributed by atoms with E-state index in [1.165, 1.54) is 49.8 Å². The third kappa shape index (κ3) is 2.85. The highest BCUT2D eigenvalue weighted by atomic mass is 32.2. The van der Waals surface area contributed by atoms with Crippen LogP contribution in [0.15, 0.2) is 28.2 Å². The van der Waals surface area contributed by atoms with E-state index in [0.717, 1.165) is 11.8 Å². The normalized spacial score (nSPS) is 30.8. The summed E-state index contributed by atoms with van der Waals surface area (Å²) in [5.74, 6) is 3.92. The maximum atomic E-state index is 11.0. The molecule has 4 saturated carbocycles. The average Bonchev–Trinajstić information content (AvgIpc) is 2.90. The van der Waals surface area contributed by atoms with Gasteiger partial charge in [0.2, 0.25) is 5.89 Å². The first kappa shape index (κ1) is 15.4. The van der Waals surface area contributed by atoms with Crippen molar-refractivity contribution in [2.75, 3.05) is 0 Å². The Hall–Kier alpha value is -1.86. The van der Waals surface area contributed by atoms with Crippen LogP contribution in [0.3, 0.4) is 0 Å². The molecule has 7 heteroatoms. The molecule has 0 unspecified atom stereocenters. The van der Waals surface area contributed by atoms with Crippen LogP contribution in [0.5, 0.6) is 5.75 Å². The summed E-state index contributed by atoms with van der Waals surface area (Å²) < 4.78 is 32.6. The molecule has 4 fully saturated rings. The number of oxazole rings is 1. The van der Waals surface area contributed by atoms with Gasteiger partial charge in [0.25, 0.3) is 0 Å². The van der Waals surface area contributed by atoms with E-state index in [4.69, 9.17) is 13.7 Å². The molecule has 0 saturated heterocycles. The summed E-state index contributed by atoms with van der Waals surface area (Å²) >= 11 is 0. The lowest BCUT2D eigenvalue weighted by Crippen LogP contribution is -2.40.